The topological polar surface area (TPSA) is 46.5 Å². The summed E-state index contributed by atoms with van der Waals surface area (Å²) in [4.78, 5) is 10.9. The van der Waals surface area contributed by atoms with Crippen molar-refractivity contribution in [2.24, 2.45) is 0 Å². The summed E-state index contributed by atoms with van der Waals surface area (Å²) in [5.74, 6) is -0.535. The number of carboxylic acid groups (broad SMARTS) is 1. The Hall–Kier alpha value is -1.22. The van der Waals surface area contributed by atoms with Crippen molar-refractivity contribution in [3.05, 3.63) is 28.3 Å². The summed E-state index contributed by atoms with van der Waals surface area (Å²) in [6, 6.07) is 3.17. The van der Waals surface area contributed by atoms with Crippen LogP contribution in [0.3, 0.4) is 0 Å². The number of rotatable bonds is 1. The Morgan fingerprint density at radius 1 is 1.64 bits per heavy atom. The number of hydrogen-bond acceptors (Lipinski definition) is 2. The fraction of sp³-hybridized carbons (Fsp3) is 0.300. The largest absolute Gasteiger partial charge is 0.489 e. The minimum absolute atomic E-state index is 0.0292. The Balaban J connectivity index is 2.57. The highest BCUT2D eigenvalue weighted by atomic mass is 35.5. The maximum absolute atomic E-state index is 10.9. The normalized spacial score (nSPS) is 18.9. The molecule has 1 aromatic rings. The molecule has 14 heavy (non-hydrogen) atoms. The van der Waals surface area contributed by atoms with Crippen LogP contribution in [0.4, 0.5) is 0 Å². The van der Waals surface area contributed by atoms with E-state index in [2.05, 4.69) is 0 Å². The number of carbonyl (C=O) groups is 1. The second kappa shape index (κ2) is 3.17. The highest BCUT2D eigenvalue weighted by molar-refractivity contribution is 6.31. The SMILES string of the molecule is C[C@H]1Cc2cc(Cl)cc(C(=O)O)c2O1. The van der Waals surface area contributed by atoms with Crippen molar-refractivity contribution in [1.29, 1.82) is 0 Å². The summed E-state index contributed by atoms with van der Waals surface area (Å²) in [5.41, 5.74) is 1.03. The highest BCUT2D eigenvalue weighted by Gasteiger charge is 2.25. The molecule has 0 amide bonds. The van der Waals surface area contributed by atoms with Crippen LogP contribution in [0.2, 0.25) is 5.02 Å². The van der Waals surface area contributed by atoms with E-state index in [0.717, 1.165) is 12.0 Å². The molecule has 0 radical (unpaired) electrons. The lowest BCUT2D eigenvalue weighted by Gasteiger charge is -2.06. The predicted octanol–water partition coefficient (Wildman–Crippen LogP) is 2.36. The Labute approximate surface area is 86.3 Å². The number of hydrogen-bond donors (Lipinski definition) is 1. The molecule has 0 saturated heterocycles. The van der Waals surface area contributed by atoms with Crippen molar-refractivity contribution >= 4 is 17.6 Å². The molecule has 2 rings (SSSR count). The van der Waals surface area contributed by atoms with E-state index in [0.29, 0.717) is 10.8 Å². The summed E-state index contributed by atoms with van der Waals surface area (Å²) < 4.78 is 5.41. The fourth-order valence-electron chi connectivity index (χ4n) is 1.65. The van der Waals surface area contributed by atoms with Gasteiger partial charge in [-0.05, 0) is 19.1 Å². The van der Waals surface area contributed by atoms with Gasteiger partial charge < -0.3 is 9.84 Å². The molecule has 74 valence electrons. The van der Waals surface area contributed by atoms with E-state index in [4.69, 9.17) is 21.4 Å². The van der Waals surface area contributed by atoms with Crippen LogP contribution in [-0.2, 0) is 6.42 Å². The van der Waals surface area contributed by atoms with Crippen molar-refractivity contribution in [3.8, 4) is 5.75 Å². The molecule has 1 aromatic carbocycles. The van der Waals surface area contributed by atoms with E-state index in [1.807, 2.05) is 6.92 Å². The van der Waals surface area contributed by atoms with Gasteiger partial charge in [0.05, 0.1) is 0 Å². The summed E-state index contributed by atoms with van der Waals surface area (Å²) >= 11 is 5.80. The van der Waals surface area contributed by atoms with Crippen LogP contribution in [0.15, 0.2) is 12.1 Å². The maximum atomic E-state index is 10.9. The van der Waals surface area contributed by atoms with Gasteiger partial charge in [0.25, 0.3) is 0 Å². The van der Waals surface area contributed by atoms with Gasteiger partial charge in [-0.15, -0.1) is 0 Å². The minimum Gasteiger partial charge on any atom is -0.489 e. The van der Waals surface area contributed by atoms with Crippen LogP contribution in [0.1, 0.15) is 22.8 Å². The second-order valence-corrected chi connectivity index (χ2v) is 3.82. The number of benzene rings is 1. The lowest BCUT2D eigenvalue weighted by atomic mass is 10.1. The molecule has 0 unspecified atom stereocenters. The molecule has 3 nitrogen and oxygen atoms in total. The molecule has 1 N–H and O–H groups in total. The monoisotopic (exact) mass is 212 g/mol. The minimum atomic E-state index is -1.00. The van der Waals surface area contributed by atoms with E-state index in [1.165, 1.54) is 6.07 Å². The molecular formula is C10H9ClO3. The second-order valence-electron chi connectivity index (χ2n) is 3.38. The van der Waals surface area contributed by atoms with Gasteiger partial charge in [0.1, 0.15) is 17.4 Å². The first-order valence-corrected chi connectivity index (χ1v) is 4.68. The van der Waals surface area contributed by atoms with E-state index in [-0.39, 0.29) is 11.7 Å². The third-order valence-corrected chi connectivity index (χ3v) is 2.41. The molecule has 1 aliphatic heterocycles. The van der Waals surface area contributed by atoms with Crippen LogP contribution < -0.4 is 4.74 Å². The van der Waals surface area contributed by atoms with Crippen LogP contribution in [-0.4, -0.2) is 17.2 Å². The van der Waals surface area contributed by atoms with Gasteiger partial charge in [-0.1, -0.05) is 11.6 Å². The molecule has 0 saturated carbocycles. The van der Waals surface area contributed by atoms with E-state index < -0.39 is 5.97 Å². The average Bonchev–Trinajstić information content (AvgIpc) is 2.42. The van der Waals surface area contributed by atoms with Gasteiger partial charge >= 0.3 is 5.97 Å². The first kappa shape index (κ1) is 9.34. The Bertz CT molecular complexity index is 401. The summed E-state index contributed by atoms with van der Waals surface area (Å²) in [6.07, 6.45) is 0.748. The van der Waals surface area contributed by atoms with Gasteiger partial charge in [0, 0.05) is 17.0 Å². The highest BCUT2D eigenvalue weighted by Crippen LogP contribution is 2.35. The van der Waals surface area contributed by atoms with E-state index in [1.54, 1.807) is 6.07 Å². The molecule has 0 aliphatic carbocycles. The number of halogens is 1. The Kier molecular flexibility index (Phi) is 2.11. The van der Waals surface area contributed by atoms with Crippen molar-refractivity contribution in [3.63, 3.8) is 0 Å². The summed E-state index contributed by atoms with van der Waals surface area (Å²) in [7, 11) is 0. The molecule has 1 heterocycles. The number of ether oxygens (including phenoxy) is 1. The zero-order valence-corrected chi connectivity index (χ0v) is 8.34. The van der Waals surface area contributed by atoms with Gasteiger partial charge in [-0.3, -0.25) is 0 Å². The zero-order chi connectivity index (χ0) is 10.3. The molecular weight excluding hydrogens is 204 g/mol. The van der Waals surface area contributed by atoms with Crippen LogP contribution in [0, 0.1) is 0 Å². The van der Waals surface area contributed by atoms with Crippen LogP contribution >= 0.6 is 11.6 Å². The third kappa shape index (κ3) is 1.44. The van der Waals surface area contributed by atoms with Crippen molar-refractivity contribution < 1.29 is 14.6 Å². The molecule has 0 aromatic heterocycles. The molecule has 0 bridgehead atoms. The predicted molar refractivity (Wildman–Crippen MR) is 52.2 cm³/mol. The summed E-state index contributed by atoms with van der Waals surface area (Å²) in [6.45, 7) is 1.90. The molecule has 0 spiro atoms. The fourth-order valence-corrected chi connectivity index (χ4v) is 1.89. The first-order chi connectivity index (χ1) is 6.58. The first-order valence-electron chi connectivity index (χ1n) is 4.30. The van der Waals surface area contributed by atoms with Crippen molar-refractivity contribution in [2.45, 2.75) is 19.4 Å². The van der Waals surface area contributed by atoms with Crippen LogP contribution in [0.25, 0.3) is 0 Å². The zero-order valence-electron chi connectivity index (χ0n) is 7.58. The lowest BCUT2D eigenvalue weighted by Crippen LogP contribution is -2.07. The molecule has 1 aliphatic rings. The van der Waals surface area contributed by atoms with Gasteiger partial charge in [-0.2, -0.15) is 0 Å². The van der Waals surface area contributed by atoms with Gasteiger partial charge in [0.2, 0.25) is 0 Å². The Morgan fingerprint density at radius 3 is 3.00 bits per heavy atom. The number of carboxylic acids is 1. The standard InChI is InChI=1S/C10H9ClO3/c1-5-2-6-3-7(11)4-8(10(12)13)9(6)14-5/h3-5H,2H2,1H3,(H,12,13)/t5-/m0/s1. The number of aromatic carboxylic acids is 1. The van der Waals surface area contributed by atoms with Crippen LogP contribution in [0.5, 0.6) is 5.75 Å². The lowest BCUT2D eigenvalue weighted by molar-refractivity contribution is 0.0692. The van der Waals surface area contributed by atoms with Gasteiger partial charge in [-0.25, -0.2) is 4.79 Å². The van der Waals surface area contributed by atoms with Crippen molar-refractivity contribution in [2.75, 3.05) is 0 Å². The van der Waals surface area contributed by atoms with Gasteiger partial charge in [0.15, 0.2) is 0 Å². The van der Waals surface area contributed by atoms with Crippen molar-refractivity contribution in [1.82, 2.24) is 0 Å². The Morgan fingerprint density at radius 2 is 2.36 bits per heavy atom. The molecule has 1 atom stereocenters. The average molecular weight is 213 g/mol. The molecule has 4 heteroatoms. The smallest absolute Gasteiger partial charge is 0.339 e. The maximum Gasteiger partial charge on any atom is 0.339 e. The van der Waals surface area contributed by atoms with E-state index >= 15 is 0 Å². The quantitative estimate of drug-likeness (QED) is 0.778. The van der Waals surface area contributed by atoms with E-state index in [9.17, 15) is 4.79 Å². The summed E-state index contributed by atoms with van der Waals surface area (Å²) in [5, 5.41) is 9.36. The molecule has 0 fully saturated rings. The third-order valence-electron chi connectivity index (χ3n) is 2.19. The number of fused-ring (bicyclic) bond motifs is 1.